The number of thiocarbonyl (C=S) groups is 1. The van der Waals surface area contributed by atoms with Gasteiger partial charge >= 0.3 is 0 Å². The molecule has 19 heavy (non-hydrogen) atoms. The second kappa shape index (κ2) is 8.88. The van der Waals surface area contributed by atoms with E-state index in [1.54, 1.807) is 0 Å². The highest BCUT2D eigenvalue weighted by Gasteiger charge is 2.09. The molecule has 3 nitrogen and oxygen atoms in total. The molecule has 0 spiro atoms. The van der Waals surface area contributed by atoms with Crippen LogP contribution in [0.2, 0.25) is 0 Å². The topological polar surface area (TPSA) is 18.5 Å². The number of anilines is 1. The Morgan fingerprint density at radius 2 is 1.63 bits per heavy atom. The Bertz CT molecular complexity index is 363. The number of para-hydroxylation sites is 1. The summed E-state index contributed by atoms with van der Waals surface area (Å²) in [6.07, 6.45) is 0. The van der Waals surface area contributed by atoms with Gasteiger partial charge in [-0.05, 0) is 44.4 Å². The van der Waals surface area contributed by atoms with Gasteiger partial charge in [0.15, 0.2) is 5.11 Å². The fourth-order valence-electron chi connectivity index (χ4n) is 1.93. The molecule has 0 bridgehead atoms. The van der Waals surface area contributed by atoms with E-state index in [-0.39, 0.29) is 0 Å². The molecule has 0 aromatic heterocycles. The molecular formula is C15H25N3S. The molecule has 1 aromatic rings. The van der Waals surface area contributed by atoms with E-state index >= 15 is 0 Å². The maximum atomic E-state index is 5.48. The van der Waals surface area contributed by atoms with E-state index in [1.165, 1.54) is 0 Å². The first-order chi connectivity index (χ1) is 9.21. The number of hydrogen-bond acceptors (Lipinski definition) is 2. The fraction of sp³-hybridized carbons (Fsp3) is 0.533. The lowest BCUT2D eigenvalue weighted by molar-refractivity contribution is 0.272. The predicted octanol–water partition coefficient (Wildman–Crippen LogP) is 3.05. The van der Waals surface area contributed by atoms with Crippen LogP contribution in [0.15, 0.2) is 30.3 Å². The molecule has 0 aliphatic carbocycles. The molecule has 0 unspecified atom stereocenters. The molecule has 0 aliphatic rings. The third-order valence-electron chi connectivity index (χ3n) is 3.27. The van der Waals surface area contributed by atoms with E-state index in [9.17, 15) is 0 Å². The molecule has 0 atom stereocenters. The Morgan fingerprint density at radius 1 is 1.00 bits per heavy atom. The van der Waals surface area contributed by atoms with Gasteiger partial charge in [-0.2, -0.15) is 0 Å². The van der Waals surface area contributed by atoms with Crippen LogP contribution >= 0.6 is 12.2 Å². The van der Waals surface area contributed by atoms with E-state index in [2.05, 4.69) is 35.9 Å². The Morgan fingerprint density at radius 3 is 2.16 bits per heavy atom. The van der Waals surface area contributed by atoms with Crippen LogP contribution in [0.25, 0.3) is 0 Å². The molecular weight excluding hydrogens is 254 g/mol. The van der Waals surface area contributed by atoms with E-state index < -0.39 is 0 Å². The van der Waals surface area contributed by atoms with Crippen LogP contribution < -0.4 is 5.32 Å². The maximum Gasteiger partial charge on any atom is 0.173 e. The summed E-state index contributed by atoms with van der Waals surface area (Å²) in [7, 11) is 0. The van der Waals surface area contributed by atoms with Crippen molar-refractivity contribution in [2.24, 2.45) is 0 Å². The van der Waals surface area contributed by atoms with Crippen molar-refractivity contribution in [1.29, 1.82) is 0 Å². The summed E-state index contributed by atoms with van der Waals surface area (Å²) in [5.41, 5.74) is 1.05. The number of hydrogen-bond donors (Lipinski definition) is 1. The van der Waals surface area contributed by atoms with Crippen LogP contribution in [-0.2, 0) is 0 Å². The minimum atomic E-state index is 0.806. The van der Waals surface area contributed by atoms with Gasteiger partial charge in [0.05, 0.1) is 0 Å². The molecule has 4 heteroatoms. The highest BCUT2D eigenvalue weighted by molar-refractivity contribution is 7.80. The van der Waals surface area contributed by atoms with E-state index in [0.29, 0.717) is 0 Å². The zero-order chi connectivity index (χ0) is 14.1. The van der Waals surface area contributed by atoms with Crippen LogP contribution in [0.3, 0.4) is 0 Å². The Kier molecular flexibility index (Phi) is 7.45. The Balaban J connectivity index is 2.48. The quantitative estimate of drug-likeness (QED) is 0.773. The Labute approximate surface area is 122 Å². The average molecular weight is 279 g/mol. The standard InChI is InChI=1S/C15H25N3S/c1-4-17(5-2)12-13-18(6-3)15(19)16-14-10-8-7-9-11-14/h7-11H,4-6,12-13H2,1-3H3,(H,16,19). The first kappa shape index (κ1) is 15.9. The van der Waals surface area contributed by atoms with Gasteiger partial charge in [-0.25, -0.2) is 0 Å². The van der Waals surface area contributed by atoms with Gasteiger partial charge in [-0.3, -0.25) is 0 Å². The molecule has 0 saturated carbocycles. The van der Waals surface area contributed by atoms with E-state index in [1.807, 2.05) is 30.3 Å². The molecule has 0 saturated heterocycles. The van der Waals surface area contributed by atoms with Crippen molar-refractivity contribution >= 4 is 23.0 Å². The molecule has 106 valence electrons. The monoisotopic (exact) mass is 279 g/mol. The van der Waals surface area contributed by atoms with Gasteiger partial charge in [0.1, 0.15) is 0 Å². The van der Waals surface area contributed by atoms with Gasteiger partial charge in [0.25, 0.3) is 0 Å². The normalized spacial score (nSPS) is 10.5. The fourth-order valence-corrected chi connectivity index (χ4v) is 2.27. The second-order valence-electron chi connectivity index (χ2n) is 4.40. The third-order valence-corrected chi connectivity index (χ3v) is 3.63. The number of rotatable bonds is 7. The molecule has 0 radical (unpaired) electrons. The van der Waals surface area contributed by atoms with Crippen molar-refractivity contribution in [1.82, 2.24) is 9.80 Å². The zero-order valence-corrected chi connectivity index (χ0v) is 13.0. The predicted molar refractivity (Wildman–Crippen MR) is 87.7 cm³/mol. The van der Waals surface area contributed by atoms with Crippen LogP contribution in [0.5, 0.6) is 0 Å². The molecule has 0 amide bonds. The number of nitrogens with zero attached hydrogens (tertiary/aromatic N) is 2. The summed E-state index contributed by atoms with van der Waals surface area (Å²) >= 11 is 5.48. The minimum absolute atomic E-state index is 0.806. The van der Waals surface area contributed by atoms with Crippen LogP contribution in [-0.4, -0.2) is 47.6 Å². The highest BCUT2D eigenvalue weighted by Crippen LogP contribution is 2.06. The van der Waals surface area contributed by atoms with E-state index in [0.717, 1.165) is 43.5 Å². The summed E-state index contributed by atoms with van der Waals surface area (Å²) in [4.78, 5) is 4.62. The van der Waals surface area contributed by atoms with Gasteiger partial charge in [0, 0.05) is 25.3 Å². The van der Waals surface area contributed by atoms with Crippen molar-refractivity contribution in [3.8, 4) is 0 Å². The smallest absolute Gasteiger partial charge is 0.173 e. The molecule has 0 fully saturated rings. The summed E-state index contributed by atoms with van der Waals surface area (Å²) in [5.74, 6) is 0. The number of likely N-dealkylation sites (N-methyl/N-ethyl adjacent to an activating group) is 2. The minimum Gasteiger partial charge on any atom is -0.348 e. The van der Waals surface area contributed by atoms with Gasteiger partial charge in [-0.15, -0.1) is 0 Å². The Hall–Kier alpha value is -1.13. The summed E-state index contributed by atoms with van der Waals surface area (Å²) in [5, 5.41) is 4.10. The highest BCUT2D eigenvalue weighted by atomic mass is 32.1. The van der Waals surface area contributed by atoms with E-state index in [4.69, 9.17) is 12.2 Å². The summed E-state index contributed by atoms with van der Waals surface area (Å²) in [6.45, 7) is 11.7. The molecule has 1 aromatic carbocycles. The number of nitrogens with one attached hydrogen (secondary N) is 1. The SMILES string of the molecule is CCN(CC)CCN(CC)C(=S)Nc1ccccc1. The molecule has 0 heterocycles. The van der Waals surface area contributed by atoms with Crippen LogP contribution in [0, 0.1) is 0 Å². The lowest BCUT2D eigenvalue weighted by Crippen LogP contribution is -2.40. The largest absolute Gasteiger partial charge is 0.348 e. The van der Waals surface area contributed by atoms with Crippen molar-refractivity contribution in [2.45, 2.75) is 20.8 Å². The third kappa shape index (κ3) is 5.57. The first-order valence-corrected chi connectivity index (χ1v) is 7.45. The van der Waals surface area contributed by atoms with Crippen LogP contribution in [0.4, 0.5) is 5.69 Å². The summed E-state index contributed by atoms with van der Waals surface area (Å²) < 4.78 is 0. The van der Waals surface area contributed by atoms with Gasteiger partial charge in [0.2, 0.25) is 0 Å². The second-order valence-corrected chi connectivity index (χ2v) is 4.79. The maximum absolute atomic E-state index is 5.48. The zero-order valence-electron chi connectivity index (χ0n) is 12.2. The summed E-state index contributed by atoms with van der Waals surface area (Å²) in [6, 6.07) is 10.1. The lowest BCUT2D eigenvalue weighted by atomic mass is 10.3. The number of benzene rings is 1. The molecule has 0 aliphatic heterocycles. The lowest BCUT2D eigenvalue weighted by Gasteiger charge is -2.27. The van der Waals surface area contributed by atoms with Crippen LogP contribution in [0.1, 0.15) is 20.8 Å². The first-order valence-electron chi connectivity index (χ1n) is 7.04. The van der Waals surface area contributed by atoms with Gasteiger partial charge < -0.3 is 15.1 Å². The van der Waals surface area contributed by atoms with Crippen molar-refractivity contribution in [3.05, 3.63) is 30.3 Å². The van der Waals surface area contributed by atoms with Gasteiger partial charge in [-0.1, -0.05) is 32.0 Å². The molecule has 1 N–H and O–H groups in total. The molecule has 1 rings (SSSR count). The van der Waals surface area contributed by atoms with Crippen molar-refractivity contribution < 1.29 is 0 Å². The van der Waals surface area contributed by atoms with Crippen molar-refractivity contribution in [2.75, 3.05) is 38.0 Å². The van der Waals surface area contributed by atoms with Crippen molar-refractivity contribution in [3.63, 3.8) is 0 Å². The average Bonchev–Trinajstić information content (AvgIpc) is 2.45.